The van der Waals surface area contributed by atoms with Gasteiger partial charge in [-0.3, -0.25) is 14.5 Å². The molecule has 1 N–H and O–H groups in total. The maximum absolute atomic E-state index is 12.4. The SMILES string of the molecule is CC(C)OC(=O)CN1C(=O)C(=Cc2ccc(C(=O)O)cc2)SC1=S. The van der Waals surface area contributed by atoms with Gasteiger partial charge in [-0.15, -0.1) is 0 Å². The van der Waals surface area contributed by atoms with Crippen LogP contribution >= 0.6 is 24.0 Å². The number of carboxylic acids is 1. The van der Waals surface area contributed by atoms with Gasteiger partial charge >= 0.3 is 11.9 Å². The van der Waals surface area contributed by atoms with Crippen molar-refractivity contribution in [3.63, 3.8) is 0 Å². The number of carbonyl (C=O) groups excluding carboxylic acids is 2. The highest BCUT2D eigenvalue weighted by molar-refractivity contribution is 8.26. The highest BCUT2D eigenvalue weighted by Crippen LogP contribution is 2.32. The van der Waals surface area contributed by atoms with E-state index in [-0.39, 0.29) is 28.4 Å². The smallest absolute Gasteiger partial charge is 0.335 e. The first-order valence-corrected chi connectivity index (χ1v) is 8.28. The third kappa shape index (κ3) is 4.42. The molecule has 0 aromatic heterocycles. The number of hydrogen-bond donors (Lipinski definition) is 1. The van der Waals surface area contributed by atoms with Gasteiger partial charge in [-0.2, -0.15) is 0 Å². The largest absolute Gasteiger partial charge is 0.478 e. The summed E-state index contributed by atoms with van der Waals surface area (Å²) >= 11 is 6.23. The number of benzene rings is 1. The van der Waals surface area contributed by atoms with E-state index in [1.807, 2.05) is 0 Å². The van der Waals surface area contributed by atoms with Gasteiger partial charge in [0.05, 0.1) is 16.6 Å². The van der Waals surface area contributed by atoms with Gasteiger partial charge < -0.3 is 9.84 Å². The third-order valence-electron chi connectivity index (χ3n) is 2.98. The van der Waals surface area contributed by atoms with Gasteiger partial charge in [-0.25, -0.2) is 4.79 Å². The summed E-state index contributed by atoms with van der Waals surface area (Å²) in [6.45, 7) is 3.23. The molecule has 126 valence electrons. The summed E-state index contributed by atoms with van der Waals surface area (Å²) in [4.78, 5) is 36.5. The van der Waals surface area contributed by atoms with Crippen molar-refractivity contribution < 1.29 is 24.2 Å². The van der Waals surface area contributed by atoms with Crippen LogP contribution in [-0.4, -0.2) is 44.8 Å². The molecule has 1 saturated heterocycles. The number of carboxylic acid groups (broad SMARTS) is 1. The first-order chi connectivity index (χ1) is 11.3. The quantitative estimate of drug-likeness (QED) is 0.488. The summed E-state index contributed by atoms with van der Waals surface area (Å²) in [5.41, 5.74) is 0.835. The normalized spacial score (nSPS) is 16.1. The van der Waals surface area contributed by atoms with Gasteiger partial charge in [-0.05, 0) is 37.6 Å². The fourth-order valence-electron chi connectivity index (χ4n) is 1.94. The maximum Gasteiger partial charge on any atom is 0.335 e. The molecule has 0 atom stereocenters. The van der Waals surface area contributed by atoms with Crippen LogP contribution in [0.5, 0.6) is 0 Å². The van der Waals surface area contributed by atoms with E-state index >= 15 is 0 Å². The van der Waals surface area contributed by atoms with Crippen molar-refractivity contribution in [3.05, 3.63) is 40.3 Å². The Kier molecular flexibility index (Phi) is 5.74. The van der Waals surface area contributed by atoms with E-state index in [1.165, 1.54) is 17.0 Å². The fourth-order valence-corrected chi connectivity index (χ4v) is 3.19. The zero-order valence-corrected chi connectivity index (χ0v) is 14.6. The van der Waals surface area contributed by atoms with Crippen molar-refractivity contribution in [2.24, 2.45) is 0 Å². The molecule has 1 amide bonds. The van der Waals surface area contributed by atoms with E-state index in [0.717, 1.165) is 11.8 Å². The lowest BCUT2D eigenvalue weighted by atomic mass is 10.1. The Balaban J connectivity index is 2.12. The molecule has 24 heavy (non-hydrogen) atoms. The van der Waals surface area contributed by atoms with E-state index in [1.54, 1.807) is 32.1 Å². The minimum Gasteiger partial charge on any atom is -0.478 e. The standard InChI is InChI=1S/C16H15NO5S2/c1-9(2)22-13(18)8-17-14(19)12(24-16(17)23)7-10-3-5-11(6-4-10)15(20)21/h3-7,9H,8H2,1-2H3,(H,20,21). The minimum absolute atomic E-state index is 0.163. The van der Waals surface area contributed by atoms with Crippen molar-refractivity contribution in [3.8, 4) is 0 Å². The molecule has 6 nitrogen and oxygen atoms in total. The number of amides is 1. The molecule has 2 rings (SSSR count). The van der Waals surface area contributed by atoms with Crippen molar-refractivity contribution in [2.45, 2.75) is 20.0 Å². The van der Waals surface area contributed by atoms with Crippen LogP contribution < -0.4 is 0 Å². The molecule has 0 spiro atoms. The van der Waals surface area contributed by atoms with Gasteiger partial charge in [0.15, 0.2) is 0 Å². The molecule has 0 aliphatic carbocycles. The number of nitrogens with zero attached hydrogens (tertiary/aromatic N) is 1. The van der Waals surface area contributed by atoms with Crippen LogP contribution in [-0.2, 0) is 14.3 Å². The lowest BCUT2D eigenvalue weighted by Gasteiger charge is -2.14. The highest BCUT2D eigenvalue weighted by Gasteiger charge is 2.33. The number of hydrogen-bond acceptors (Lipinski definition) is 6. The van der Waals surface area contributed by atoms with Gasteiger partial charge in [0, 0.05) is 0 Å². The zero-order chi connectivity index (χ0) is 17.9. The molecule has 1 heterocycles. The Bertz CT molecular complexity index is 724. The number of esters is 1. The average molecular weight is 365 g/mol. The number of ether oxygens (including phenoxy) is 1. The summed E-state index contributed by atoms with van der Waals surface area (Å²) in [5.74, 6) is -1.90. The Hall–Kier alpha value is -2.19. The van der Waals surface area contributed by atoms with Crippen molar-refractivity contribution >= 4 is 52.2 Å². The van der Waals surface area contributed by atoms with E-state index < -0.39 is 11.9 Å². The molecule has 1 aromatic carbocycles. The van der Waals surface area contributed by atoms with Crippen LogP contribution in [0, 0.1) is 0 Å². The average Bonchev–Trinajstić information content (AvgIpc) is 2.74. The Morgan fingerprint density at radius 2 is 1.96 bits per heavy atom. The molecule has 1 aromatic rings. The molecule has 0 unspecified atom stereocenters. The summed E-state index contributed by atoms with van der Waals surface area (Å²) in [6.07, 6.45) is 1.35. The number of thioether (sulfide) groups is 1. The molecule has 0 saturated carbocycles. The molecule has 1 aliphatic rings. The van der Waals surface area contributed by atoms with Crippen LogP contribution in [0.15, 0.2) is 29.2 Å². The van der Waals surface area contributed by atoms with Crippen molar-refractivity contribution in [1.29, 1.82) is 0 Å². The van der Waals surface area contributed by atoms with Crippen LogP contribution in [0.2, 0.25) is 0 Å². The first kappa shape index (κ1) is 18.2. The highest BCUT2D eigenvalue weighted by atomic mass is 32.2. The molecule has 1 fully saturated rings. The summed E-state index contributed by atoms with van der Waals surface area (Å²) in [5, 5.41) is 8.88. The number of rotatable bonds is 5. The van der Waals surface area contributed by atoms with Crippen LogP contribution in [0.1, 0.15) is 29.8 Å². The van der Waals surface area contributed by atoms with E-state index in [2.05, 4.69) is 0 Å². The van der Waals surface area contributed by atoms with Crippen LogP contribution in [0.3, 0.4) is 0 Å². The molecular formula is C16H15NO5S2. The molecule has 0 radical (unpaired) electrons. The van der Waals surface area contributed by atoms with Gasteiger partial charge in [0.25, 0.3) is 5.91 Å². The molecule has 8 heteroatoms. The van der Waals surface area contributed by atoms with Crippen molar-refractivity contribution in [2.75, 3.05) is 6.54 Å². The van der Waals surface area contributed by atoms with E-state index in [0.29, 0.717) is 10.5 Å². The Labute approximate surface area is 148 Å². The topological polar surface area (TPSA) is 83.9 Å². The minimum atomic E-state index is -1.02. The first-order valence-electron chi connectivity index (χ1n) is 7.06. The Morgan fingerprint density at radius 1 is 1.33 bits per heavy atom. The molecule has 0 bridgehead atoms. The third-order valence-corrected chi connectivity index (χ3v) is 4.36. The van der Waals surface area contributed by atoms with E-state index in [4.69, 9.17) is 22.1 Å². The molecular weight excluding hydrogens is 350 g/mol. The summed E-state index contributed by atoms with van der Waals surface area (Å²) in [6, 6.07) is 6.11. The maximum atomic E-state index is 12.4. The van der Waals surface area contributed by atoms with Crippen molar-refractivity contribution in [1.82, 2.24) is 4.90 Å². The summed E-state index contributed by atoms with van der Waals surface area (Å²) < 4.78 is 5.31. The predicted molar refractivity (Wildman–Crippen MR) is 94.5 cm³/mol. The second kappa shape index (κ2) is 7.59. The Morgan fingerprint density at radius 3 is 2.50 bits per heavy atom. The lowest BCUT2D eigenvalue weighted by molar-refractivity contribution is -0.149. The number of carbonyl (C=O) groups is 3. The molecule has 1 aliphatic heterocycles. The van der Waals surface area contributed by atoms with Crippen LogP contribution in [0.4, 0.5) is 0 Å². The second-order valence-electron chi connectivity index (χ2n) is 5.23. The van der Waals surface area contributed by atoms with Crippen LogP contribution in [0.25, 0.3) is 6.08 Å². The summed E-state index contributed by atoms with van der Waals surface area (Å²) in [7, 11) is 0. The predicted octanol–water partition coefficient (Wildman–Crippen LogP) is 2.54. The lowest BCUT2D eigenvalue weighted by Crippen LogP contribution is -2.35. The monoisotopic (exact) mass is 365 g/mol. The zero-order valence-electron chi connectivity index (χ0n) is 13.0. The second-order valence-corrected chi connectivity index (χ2v) is 6.91. The number of thiocarbonyl (C=S) groups is 1. The van der Waals surface area contributed by atoms with Gasteiger partial charge in [0.2, 0.25) is 0 Å². The fraction of sp³-hybridized carbons (Fsp3) is 0.250. The number of aromatic carboxylic acids is 1. The van der Waals surface area contributed by atoms with E-state index in [9.17, 15) is 14.4 Å². The van der Waals surface area contributed by atoms with Gasteiger partial charge in [0.1, 0.15) is 10.9 Å². The van der Waals surface area contributed by atoms with Gasteiger partial charge in [-0.1, -0.05) is 36.1 Å².